The van der Waals surface area contributed by atoms with Crippen molar-refractivity contribution in [1.29, 1.82) is 0 Å². The number of guanidine groups is 3. The lowest BCUT2D eigenvalue weighted by atomic mass is 10.8. The summed E-state index contributed by atoms with van der Waals surface area (Å²) in [5.74, 6) is 2.68. The highest BCUT2D eigenvalue weighted by Gasteiger charge is 1.92. The summed E-state index contributed by atoms with van der Waals surface area (Å²) in [5, 5.41) is 8.78. The van der Waals surface area contributed by atoms with Crippen LogP contribution in [-0.4, -0.2) is 117 Å². The zero-order chi connectivity index (χ0) is 21.7. The predicted octanol–water partition coefficient (Wildman–Crippen LogP) is -0.266. The number of nitrogens with one attached hydrogen (secondary N) is 3. The molecule has 0 aromatic carbocycles. The second kappa shape index (κ2) is 22.9. The van der Waals surface area contributed by atoms with Crippen LogP contribution in [0.4, 0.5) is 0 Å². The van der Waals surface area contributed by atoms with Crippen molar-refractivity contribution in [2.24, 2.45) is 15.0 Å². The smallest absolute Gasteiger partial charge is 0.192 e. The third-order valence-corrected chi connectivity index (χ3v) is 2.58. The molecule has 0 aliphatic rings. The molecule has 0 aromatic rings. The Labute approximate surface area is 162 Å². The molecule has 10 nitrogen and oxygen atoms in total. The van der Waals surface area contributed by atoms with Gasteiger partial charge in [-0.15, -0.1) is 0 Å². The van der Waals surface area contributed by atoms with Gasteiger partial charge in [0.1, 0.15) is 9.12 Å². The fraction of sp³-hybridized carbons (Fsp3) is 0.800. The molecule has 0 aromatic heterocycles. The maximum absolute atomic E-state index is 8.06. The van der Waals surface area contributed by atoms with E-state index in [1.54, 1.807) is 30.3 Å². The van der Waals surface area contributed by atoms with Crippen LogP contribution in [0.25, 0.3) is 0 Å². The molecule has 156 valence electrons. The van der Waals surface area contributed by atoms with Crippen molar-refractivity contribution >= 4 is 27.0 Å². The Morgan fingerprint density at radius 2 is 0.731 bits per heavy atom. The van der Waals surface area contributed by atoms with E-state index < -0.39 is 0 Å². The van der Waals surface area contributed by atoms with E-state index in [-0.39, 0.29) is 0 Å². The standard InChI is InChI=1S/3C5H13N3.HOP/c3*1-6-5(7-2)8(3)4;1-2/h3*1-4H3,(H,6,7);2H. The fourth-order valence-corrected chi connectivity index (χ4v) is 1.61. The highest BCUT2D eigenvalue weighted by molar-refractivity contribution is 7.00. The largest absolute Gasteiger partial charge is 0.359 e. The van der Waals surface area contributed by atoms with Gasteiger partial charge in [-0.05, 0) is 0 Å². The summed E-state index contributed by atoms with van der Waals surface area (Å²) in [5.41, 5.74) is 0. The van der Waals surface area contributed by atoms with Gasteiger partial charge in [0.25, 0.3) is 0 Å². The van der Waals surface area contributed by atoms with Crippen LogP contribution in [0.1, 0.15) is 0 Å². The lowest BCUT2D eigenvalue weighted by Gasteiger charge is -2.12. The van der Waals surface area contributed by atoms with Gasteiger partial charge < -0.3 is 30.7 Å². The number of hydrogen-bond donors (Lipinski definition) is 3. The van der Waals surface area contributed by atoms with Crippen LogP contribution in [0.15, 0.2) is 15.0 Å². The summed E-state index contributed by atoms with van der Waals surface area (Å²) < 4.78 is 8.06. The van der Waals surface area contributed by atoms with Gasteiger partial charge in [0.05, 0.1) is 0 Å². The molecule has 26 heavy (non-hydrogen) atoms. The van der Waals surface area contributed by atoms with Crippen LogP contribution in [0.3, 0.4) is 0 Å². The number of aliphatic imine (C=N–C) groups is 3. The predicted molar refractivity (Wildman–Crippen MR) is 117 cm³/mol. The topological polar surface area (TPSA) is 100.0 Å². The second-order valence-electron chi connectivity index (χ2n) is 5.07. The van der Waals surface area contributed by atoms with Gasteiger partial charge in [-0.1, -0.05) is 0 Å². The van der Waals surface area contributed by atoms with Crippen molar-refractivity contribution in [2.45, 2.75) is 0 Å². The summed E-state index contributed by atoms with van der Waals surface area (Å²) in [6.45, 7) is 0. The molecule has 0 spiro atoms. The van der Waals surface area contributed by atoms with Gasteiger partial charge >= 0.3 is 0 Å². The van der Waals surface area contributed by atoms with Crippen LogP contribution < -0.4 is 16.0 Å². The van der Waals surface area contributed by atoms with E-state index in [4.69, 9.17) is 4.57 Å². The van der Waals surface area contributed by atoms with Crippen LogP contribution >= 0.6 is 9.12 Å². The molecule has 0 aliphatic carbocycles. The van der Waals surface area contributed by atoms with E-state index in [0.29, 0.717) is 0 Å². The van der Waals surface area contributed by atoms with Gasteiger partial charge in [-0.25, -0.2) is 0 Å². The quantitative estimate of drug-likeness (QED) is 0.296. The summed E-state index contributed by atoms with van der Waals surface area (Å²) in [6.07, 6.45) is 0. The Kier molecular flexibility index (Phi) is 27.9. The Hall–Kier alpha value is -2.09. The van der Waals surface area contributed by atoms with Crippen molar-refractivity contribution in [1.82, 2.24) is 30.7 Å². The Balaban J connectivity index is -0.000000133. The maximum Gasteiger partial charge on any atom is 0.192 e. The Morgan fingerprint density at radius 3 is 0.731 bits per heavy atom. The van der Waals surface area contributed by atoms with Crippen molar-refractivity contribution in [3.63, 3.8) is 0 Å². The van der Waals surface area contributed by atoms with Gasteiger partial charge in [0, 0.05) is 84.6 Å². The van der Waals surface area contributed by atoms with Gasteiger partial charge in [0.15, 0.2) is 17.9 Å². The van der Waals surface area contributed by atoms with E-state index in [2.05, 4.69) is 30.9 Å². The average molecular weight is 394 g/mol. The first kappa shape index (κ1) is 31.7. The molecule has 0 unspecified atom stereocenters. The molecular formula is C15H40N9OP. The molecule has 0 bridgehead atoms. The molecular weight excluding hydrogens is 353 g/mol. The Morgan fingerprint density at radius 1 is 0.577 bits per heavy atom. The Bertz CT molecular complexity index is 340. The second-order valence-corrected chi connectivity index (χ2v) is 5.07. The molecule has 0 rings (SSSR count). The molecule has 11 heteroatoms. The summed E-state index contributed by atoms with van der Waals surface area (Å²) >= 11 is 0. The lowest BCUT2D eigenvalue weighted by Crippen LogP contribution is -2.33. The molecule has 0 amide bonds. The summed E-state index contributed by atoms with van der Waals surface area (Å²) in [7, 11) is 24.2. The minimum atomic E-state index is 0.894. The normalized spacial score (nSPS) is 10.5. The van der Waals surface area contributed by atoms with E-state index in [0.717, 1.165) is 17.9 Å². The maximum atomic E-state index is 8.06. The molecule has 0 atom stereocenters. The third kappa shape index (κ3) is 20.0. The molecule has 0 radical (unpaired) electrons. The lowest BCUT2D eigenvalue weighted by molar-refractivity contribution is 0.596. The first-order valence-corrected chi connectivity index (χ1v) is 8.23. The first-order valence-electron chi connectivity index (χ1n) is 7.82. The van der Waals surface area contributed by atoms with E-state index in [1.165, 1.54) is 0 Å². The molecule has 0 saturated carbocycles. The van der Waals surface area contributed by atoms with Crippen LogP contribution in [0.5, 0.6) is 0 Å². The highest BCUT2D eigenvalue weighted by atomic mass is 31.0. The summed E-state index contributed by atoms with van der Waals surface area (Å²) in [4.78, 5) is 17.6. The van der Waals surface area contributed by atoms with E-state index in [9.17, 15) is 0 Å². The first-order chi connectivity index (χ1) is 12.2. The highest BCUT2D eigenvalue weighted by Crippen LogP contribution is 1.74. The summed E-state index contributed by atoms with van der Waals surface area (Å²) in [6, 6.07) is 0. The fourth-order valence-electron chi connectivity index (χ4n) is 1.61. The number of nitrogens with zero attached hydrogens (tertiary/aromatic N) is 6. The molecule has 3 N–H and O–H groups in total. The minimum Gasteiger partial charge on any atom is -0.359 e. The van der Waals surface area contributed by atoms with Gasteiger partial charge in [-0.3, -0.25) is 19.5 Å². The van der Waals surface area contributed by atoms with Crippen LogP contribution in [0.2, 0.25) is 0 Å². The molecule has 0 fully saturated rings. The van der Waals surface area contributed by atoms with E-state index in [1.807, 2.05) is 78.1 Å². The molecule has 0 aliphatic heterocycles. The van der Waals surface area contributed by atoms with E-state index >= 15 is 0 Å². The number of hydrogen-bond acceptors (Lipinski definition) is 4. The van der Waals surface area contributed by atoms with Crippen molar-refractivity contribution in [2.75, 3.05) is 84.6 Å². The monoisotopic (exact) mass is 393 g/mol. The van der Waals surface area contributed by atoms with Crippen LogP contribution in [-0.2, 0) is 4.57 Å². The van der Waals surface area contributed by atoms with Crippen molar-refractivity contribution < 1.29 is 4.57 Å². The average Bonchev–Trinajstić information content (AvgIpc) is 2.60. The van der Waals surface area contributed by atoms with Crippen molar-refractivity contribution in [3.8, 4) is 0 Å². The SMILES string of the molecule is CN=C(NC)N(C)C.CN=C(NC)N(C)C.CN=C(NC)N(C)C.O=P. The molecule has 0 heterocycles. The number of rotatable bonds is 0. The third-order valence-electron chi connectivity index (χ3n) is 2.58. The molecule has 0 saturated heterocycles. The minimum absolute atomic E-state index is 0.894. The van der Waals surface area contributed by atoms with Crippen LogP contribution in [0, 0.1) is 0 Å². The van der Waals surface area contributed by atoms with Gasteiger partial charge in [0.2, 0.25) is 0 Å². The van der Waals surface area contributed by atoms with Gasteiger partial charge in [-0.2, -0.15) is 0 Å². The zero-order valence-corrected chi connectivity index (χ0v) is 19.6. The zero-order valence-electron chi connectivity index (χ0n) is 18.6. The van der Waals surface area contributed by atoms with Crippen molar-refractivity contribution in [3.05, 3.63) is 0 Å².